The molecule has 1 N–H and O–H groups in total. The Hall–Kier alpha value is -3.23. The normalized spacial score (nSPS) is 16.6. The molecule has 1 aromatic carbocycles. The van der Waals surface area contributed by atoms with E-state index in [0.29, 0.717) is 41.7 Å². The highest BCUT2D eigenvalue weighted by atomic mass is 35.5. The number of aryl methyl sites for hydroxylation is 2. The van der Waals surface area contributed by atoms with Gasteiger partial charge >= 0.3 is 0 Å². The van der Waals surface area contributed by atoms with Crippen molar-refractivity contribution in [2.45, 2.75) is 39.2 Å². The number of carbonyl (C=O) groups is 2. The molecule has 0 saturated carbocycles. The molecule has 0 bridgehead atoms. The number of nitrogens with one attached hydrogen (secondary N) is 1. The SMILES string of the molecule is Cc1cc(C(=O)Nc2nc3cccc(Cl)c3n2[C@@H]2CCCCN(C(=O)C=CCN(C)C)C2)cc(C)n1. The van der Waals surface area contributed by atoms with Gasteiger partial charge in [-0.1, -0.05) is 23.7 Å². The van der Waals surface area contributed by atoms with Crippen LogP contribution >= 0.6 is 11.6 Å². The number of likely N-dealkylation sites (N-methyl/N-ethyl adjacent to an activating group) is 1. The predicted molar refractivity (Wildman–Crippen MR) is 144 cm³/mol. The van der Waals surface area contributed by atoms with Crippen LogP contribution in [-0.2, 0) is 4.79 Å². The van der Waals surface area contributed by atoms with Crippen molar-refractivity contribution in [3.63, 3.8) is 0 Å². The van der Waals surface area contributed by atoms with E-state index in [9.17, 15) is 9.59 Å². The van der Waals surface area contributed by atoms with Gasteiger partial charge in [-0.25, -0.2) is 4.98 Å². The van der Waals surface area contributed by atoms with E-state index in [-0.39, 0.29) is 17.9 Å². The summed E-state index contributed by atoms with van der Waals surface area (Å²) in [5, 5.41) is 3.57. The summed E-state index contributed by atoms with van der Waals surface area (Å²) in [6.45, 7) is 5.64. The molecule has 1 aliphatic heterocycles. The van der Waals surface area contributed by atoms with Crippen molar-refractivity contribution in [3.8, 4) is 0 Å². The number of nitrogens with zero attached hydrogens (tertiary/aromatic N) is 5. The minimum absolute atomic E-state index is 0.00686. The maximum atomic E-state index is 13.2. The van der Waals surface area contributed by atoms with Crippen molar-refractivity contribution in [2.24, 2.45) is 0 Å². The number of benzene rings is 1. The quantitative estimate of drug-likeness (QED) is 0.491. The molecule has 1 aliphatic rings. The summed E-state index contributed by atoms with van der Waals surface area (Å²) in [7, 11) is 3.93. The fourth-order valence-electron chi connectivity index (χ4n) is 4.69. The second-order valence-electron chi connectivity index (χ2n) is 9.60. The van der Waals surface area contributed by atoms with E-state index in [4.69, 9.17) is 16.6 Å². The molecule has 3 heterocycles. The Labute approximate surface area is 217 Å². The zero-order valence-electron chi connectivity index (χ0n) is 21.3. The Morgan fingerprint density at radius 1 is 1.17 bits per heavy atom. The third-order valence-electron chi connectivity index (χ3n) is 6.28. The first-order chi connectivity index (χ1) is 17.2. The molecule has 8 nitrogen and oxygen atoms in total. The first-order valence-corrected chi connectivity index (χ1v) is 12.6. The molecule has 190 valence electrons. The van der Waals surface area contributed by atoms with Crippen molar-refractivity contribution in [1.82, 2.24) is 24.3 Å². The average molecular weight is 509 g/mol. The van der Waals surface area contributed by atoms with Crippen LogP contribution in [0.2, 0.25) is 5.02 Å². The first kappa shape index (κ1) is 25.9. The van der Waals surface area contributed by atoms with Gasteiger partial charge in [0.15, 0.2) is 0 Å². The van der Waals surface area contributed by atoms with E-state index in [2.05, 4.69) is 10.3 Å². The number of aromatic nitrogens is 3. The lowest BCUT2D eigenvalue weighted by Crippen LogP contribution is -2.34. The van der Waals surface area contributed by atoms with Gasteiger partial charge in [0, 0.05) is 42.7 Å². The number of fused-ring (bicyclic) bond motifs is 1. The van der Waals surface area contributed by atoms with Crippen molar-refractivity contribution in [1.29, 1.82) is 0 Å². The number of amides is 2. The largest absolute Gasteiger partial charge is 0.337 e. The molecule has 36 heavy (non-hydrogen) atoms. The van der Waals surface area contributed by atoms with Crippen LogP contribution in [0.4, 0.5) is 5.95 Å². The number of anilines is 1. The van der Waals surface area contributed by atoms with Gasteiger partial charge in [-0.3, -0.25) is 19.9 Å². The zero-order valence-corrected chi connectivity index (χ0v) is 22.0. The number of pyridine rings is 1. The fraction of sp³-hybridized carbons (Fsp3) is 0.407. The molecule has 1 fully saturated rings. The first-order valence-electron chi connectivity index (χ1n) is 12.3. The second-order valence-corrected chi connectivity index (χ2v) is 10.0. The standard InChI is InChI=1S/C27H33ClN6O2/c1-18-15-20(16-19(2)29-18)26(36)31-27-30-23-11-7-10-22(28)25(23)34(27)21-9-5-6-14-33(17-21)24(35)12-8-13-32(3)4/h7-8,10-12,15-16,21H,5-6,9,13-14,17H2,1-4H3,(H,30,31,36)/t21-/m1/s1. The molecule has 0 spiro atoms. The summed E-state index contributed by atoms with van der Waals surface area (Å²) in [5.41, 5.74) is 3.54. The van der Waals surface area contributed by atoms with Crippen LogP contribution < -0.4 is 5.32 Å². The average Bonchev–Trinajstić information content (AvgIpc) is 3.00. The molecule has 0 radical (unpaired) electrons. The van der Waals surface area contributed by atoms with Gasteiger partial charge in [0.05, 0.1) is 22.1 Å². The molecule has 4 rings (SSSR count). The Bertz CT molecular complexity index is 1280. The lowest BCUT2D eigenvalue weighted by Gasteiger charge is -2.26. The van der Waals surface area contributed by atoms with Crippen LogP contribution in [-0.4, -0.2) is 69.9 Å². The number of halogens is 1. The van der Waals surface area contributed by atoms with Gasteiger partial charge in [0.25, 0.3) is 5.91 Å². The van der Waals surface area contributed by atoms with Crippen LogP contribution in [0.15, 0.2) is 42.5 Å². The van der Waals surface area contributed by atoms with Gasteiger partial charge in [-0.05, 0) is 71.5 Å². The monoisotopic (exact) mass is 508 g/mol. The Morgan fingerprint density at radius 2 is 1.92 bits per heavy atom. The van der Waals surface area contributed by atoms with Gasteiger partial charge in [0.1, 0.15) is 0 Å². The van der Waals surface area contributed by atoms with Gasteiger partial charge in [-0.2, -0.15) is 0 Å². The summed E-state index contributed by atoms with van der Waals surface area (Å²) in [4.78, 5) is 39.2. The van der Waals surface area contributed by atoms with E-state index in [1.807, 2.05) is 66.6 Å². The predicted octanol–water partition coefficient (Wildman–Crippen LogP) is 4.63. The molecule has 2 aromatic heterocycles. The lowest BCUT2D eigenvalue weighted by molar-refractivity contribution is -0.126. The summed E-state index contributed by atoms with van der Waals surface area (Å²) in [5.74, 6) is 0.162. The Morgan fingerprint density at radius 3 is 2.64 bits per heavy atom. The summed E-state index contributed by atoms with van der Waals surface area (Å²) >= 11 is 6.65. The molecular weight excluding hydrogens is 476 g/mol. The van der Waals surface area contributed by atoms with Crippen molar-refractivity contribution in [2.75, 3.05) is 39.0 Å². The fourth-order valence-corrected chi connectivity index (χ4v) is 4.95. The number of imidazole rings is 1. The Kier molecular flexibility index (Phi) is 8.06. The van der Waals surface area contributed by atoms with E-state index in [1.165, 1.54) is 0 Å². The highest BCUT2D eigenvalue weighted by Gasteiger charge is 2.27. The minimum Gasteiger partial charge on any atom is -0.337 e. The van der Waals surface area contributed by atoms with Gasteiger partial charge in [0.2, 0.25) is 11.9 Å². The van der Waals surface area contributed by atoms with Gasteiger partial charge in [-0.15, -0.1) is 0 Å². The topological polar surface area (TPSA) is 83.4 Å². The summed E-state index contributed by atoms with van der Waals surface area (Å²) in [6.07, 6.45) is 6.25. The van der Waals surface area contributed by atoms with Crippen LogP contribution in [0.3, 0.4) is 0 Å². The van der Waals surface area contributed by atoms with Gasteiger partial charge < -0.3 is 14.4 Å². The maximum absolute atomic E-state index is 13.2. The number of hydrogen-bond donors (Lipinski definition) is 1. The molecule has 1 atom stereocenters. The third-order valence-corrected chi connectivity index (χ3v) is 6.59. The molecule has 9 heteroatoms. The molecular formula is C27H33ClN6O2. The molecule has 2 amide bonds. The lowest BCUT2D eigenvalue weighted by atomic mass is 10.1. The van der Waals surface area contributed by atoms with Crippen LogP contribution in [0.5, 0.6) is 0 Å². The number of hydrogen-bond acceptors (Lipinski definition) is 5. The van der Waals surface area contributed by atoms with Crippen molar-refractivity contribution in [3.05, 3.63) is 64.5 Å². The number of rotatable bonds is 6. The second kappa shape index (κ2) is 11.2. The van der Waals surface area contributed by atoms with Crippen LogP contribution in [0.25, 0.3) is 11.0 Å². The molecule has 0 unspecified atom stereocenters. The highest BCUT2D eigenvalue weighted by molar-refractivity contribution is 6.35. The zero-order chi connectivity index (χ0) is 25.8. The molecule has 3 aromatic rings. The van der Waals surface area contributed by atoms with Crippen molar-refractivity contribution < 1.29 is 9.59 Å². The van der Waals surface area contributed by atoms with E-state index >= 15 is 0 Å². The molecule has 1 saturated heterocycles. The number of likely N-dealkylation sites (tertiary alicyclic amines) is 1. The third kappa shape index (κ3) is 5.94. The summed E-state index contributed by atoms with van der Waals surface area (Å²) < 4.78 is 2.01. The number of para-hydroxylation sites is 1. The van der Waals surface area contributed by atoms with Crippen molar-refractivity contribution >= 4 is 40.4 Å². The van der Waals surface area contributed by atoms with E-state index < -0.39 is 0 Å². The Balaban J connectivity index is 1.68. The maximum Gasteiger partial charge on any atom is 0.258 e. The van der Waals surface area contributed by atoms with E-state index in [1.54, 1.807) is 18.2 Å². The minimum atomic E-state index is -0.260. The smallest absolute Gasteiger partial charge is 0.258 e. The van der Waals surface area contributed by atoms with Crippen LogP contribution in [0, 0.1) is 13.8 Å². The van der Waals surface area contributed by atoms with Crippen LogP contribution in [0.1, 0.15) is 47.1 Å². The molecule has 0 aliphatic carbocycles. The summed E-state index contributed by atoms with van der Waals surface area (Å²) in [6, 6.07) is 8.99. The highest BCUT2D eigenvalue weighted by Crippen LogP contribution is 2.34. The number of carbonyl (C=O) groups excluding carboxylic acids is 2. The van der Waals surface area contributed by atoms with E-state index in [0.717, 1.165) is 36.2 Å².